The topological polar surface area (TPSA) is 25.8 Å². The van der Waals surface area contributed by atoms with Gasteiger partial charge in [0.15, 0.2) is 0 Å². The van der Waals surface area contributed by atoms with E-state index in [1.54, 1.807) is 0 Å². The highest BCUT2D eigenvalue weighted by Crippen LogP contribution is 2.23. The SMILES string of the molecule is Cc1cc(Br)cc2nc3ccccc3nc12. The number of hydrogen-bond acceptors (Lipinski definition) is 2. The van der Waals surface area contributed by atoms with Gasteiger partial charge in [0, 0.05) is 4.47 Å². The zero-order valence-electron chi connectivity index (χ0n) is 8.74. The molecule has 3 aromatic rings. The molecule has 2 nitrogen and oxygen atoms in total. The highest BCUT2D eigenvalue weighted by molar-refractivity contribution is 9.10. The van der Waals surface area contributed by atoms with E-state index in [0.29, 0.717) is 0 Å². The molecule has 2 aromatic carbocycles. The van der Waals surface area contributed by atoms with Gasteiger partial charge in [0.1, 0.15) is 0 Å². The molecule has 0 N–H and O–H groups in total. The molecule has 0 atom stereocenters. The van der Waals surface area contributed by atoms with E-state index in [4.69, 9.17) is 0 Å². The minimum Gasteiger partial charge on any atom is -0.244 e. The van der Waals surface area contributed by atoms with Crippen LogP contribution in [-0.4, -0.2) is 9.97 Å². The molecule has 0 unspecified atom stereocenters. The Labute approximate surface area is 101 Å². The molecule has 3 heteroatoms. The summed E-state index contributed by atoms with van der Waals surface area (Å²) in [6.07, 6.45) is 0. The molecule has 3 rings (SSSR count). The maximum absolute atomic E-state index is 4.64. The van der Waals surface area contributed by atoms with Crippen molar-refractivity contribution in [3.05, 3.63) is 46.4 Å². The molecule has 1 aromatic heterocycles. The third kappa shape index (κ3) is 1.48. The monoisotopic (exact) mass is 272 g/mol. The van der Waals surface area contributed by atoms with Crippen LogP contribution in [0.1, 0.15) is 5.56 Å². The van der Waals surface area contributed by atoms with Crippen molar-refractivity contribution in [2.24, 2.45) is 0 Å². The Morgan fingerprint density at radius 3 is 2.38 bits per heavy atom. The fraction of sp³-hybridized carbons (Fsp3) is 0.0769. The predicted octanol–water partition coefficient (Wildman–Crippen LogP) is 3.85. The predicted molar refractivity (Wildman–Crippen MR) is 69.5 cm³/mol. The third-order valence-corrected chi connectivity index (χ3v) is 3.06. The van der Waals surface area contributed by atoms with Crippen LogP contribution < -0.4 is 0 Å². The van der Waals surface area contributed by atoms with Crippen LogP contribution in [0.15, 0.2) is 40.9 Å². The van der Waals surface area contributed by atoms with Gasteiger partial charge in [-0.15, -0.1) is 0 Å². The maximum atomic E-state index is 4.64. The molecular weight excluding hydrogens is 264 g/mol. The Kier molecular flexibility index (Phi) is 2.14. The Bertz CT molecular complexity index is 692. The quantitative estimate of drug-likeness (QED) is 0.581. The summed E-state index contributed by atoms with van der Waals surface area (Å²) in [5.41, 5.74) is 4.93. The lowest BCUT2D eigenvalue weighted by Gasteiger charge is -2.04. The summed E-state index contributed by atoms with van der Waals surface area (Å²) >= 11 is 3.48. The number of hydrogen-bond donors (Lipinski definition) is 0. The lowest BCUT2D eigenvalue weighted by Crippen LogP contribution is -1.89. The molecule has 0 bridgehead atoms. The Morgan fingerprint density at radius 2 is 1.62 bits per heavy atom. The van der Waals surface area contributed by atoms with Crippen LogP contribution in [0.4, 0.5) is 0 Å². The van der Waals surface area contributed by atoms with Crippen molar-refractivity contribution in [2.45, 2.75) is 6.92 Å². The normalized spacial score (nSPS) is 11.1. The van der Waals surface area contributed by atoms with Gasteiger partial charge in [-0.05, 0) is 36.8 Å². The first-order valence-corrected chi connectivity index (χ1v) is 5.86. The minimum absolute atomic E-state index is 0.936. The van der Waals surface area contributed by atoms with Crippen LogP contribution >= 0.6 is 15.9 Å². The summed E-state index contributed by atoms with van der Waals surface area (Å²) in [5, 5.41) is 0. The second-order valence-electron chi connectivity index (χ2n) is 3.80. The van der Waals surface area contributed by atoms with E-state index in [0.717, 1.165) is 32.1 Å². The van der Waals surface area contributed by atoms with Crippen LogP contribution in [0.25, 0.3) is 22.1 Å². The van der Waals surface area contributed by atoms with Crippen LogP contribution in [-0.2, 0) is 0 Å². The average Bonchev–Trinajstić information content (AvgIpc) is 2.27. The summed E-state index contributed by atoms with van der Waals surface area (Å²) in [7, 11) is 0. The van der Waals surface area contributed by atoms with E-state index >= 15 is 0 Å². The lowest BCUT2D eigenvalue weighted by molar-refractivity contribution is 1.35. The van der Waals surface area contributed by atoms with E-state index in [1.807, 2.05) is 30.3 Å². The second kappa shape index (κ2) is 3.52. The molecule has 0 fully saturated rings. The van der Waals surface area contributed by atoms with E-state index < -0.39 is 0 Å². The summed E-state index contributed by atoms with van der Waals surface area (Å²) in [5.74, 6) is 0. The first-order chi connectivity index (χ1) is 7.74. The fourth-order valence-corrected chi connectivity index (χ4v) is 2.41. The minimum atomic E-state index is 0.936. The van der Waals surface area contributed by atoms with Crippen molar-refractivity contribution >= 4 is 38.0 Å². The van der Waals surface area contributed by atoms with Crippen molar-refractivity contribution in [3.8, 4) is 0 Å². The number of nitrogens with zero attached hydrogens (tertiary/aromatic N) is 2. The van der Waals surface area contributed by atoms with E-state index in [1.165, 1.54) is 0 Å². The van der Waals surface area contributed by atoms with Gasteiger partial charge < -0.3 is 0 Å². The van der Waals surface area contributed by atoms with Gasteiger partial charge in [0.05, 0.1) is 22.1 Å². The van der Waals surface area contributed by atoms with Crippen molar-refractivity contribution in [2.75, 3.05) is 0 Å². The summed E-state index contributed by atoms with van der Waals surface area (Å²) < 4.78 is 1.04. The van der Waals surface area contributed by atoms with Crippen molar-refractivity contribution < 1.29 is 0 Å². The molecule has 0 saturated carbocycles. The zero-order chi connectivity index (χ0) is 11.1. The largest absolute Gasteiger partial charge is 0.244 e. The highest BCUT2D eigenvalue weighted by Gasteiger charge is 2.04. The second-order valence-corrected chi connectivity index (χ2v) is 4.72. The summed E-state index contributed by atoms with van der Waals surface area (Å²) in [4.78, 5) is 9.24. The molecule has 0 amide bonds. The number of benzene rings is 2. The molecule has 16 heavy (non-hydrogen) atoms. The standard InChI is InChI=1S/C13H9BrN2/c1-8-6-9(14)7-12-13(8)16-11-5-3-2-4-10(11)15-12/h2-7H,1H3. The first kappa shape index (κ1) is 9.73. The van der Waals surface area contributed by atoms with Crippen LogP contribution in [0, 0.1) is 6.92 Å². The number of aromatic nitrogens is 2. The van der Waals surface area contributed by atoms with Gasteiger partial charge >= 0.3 is 0 Å². The molecule has 78 valence electrons. The average molecular weight is 273 g/mol. The van der Waals surface area contributed by atoms with Crippen LogP contribution in [0.2, 0.25) is 0 Å². The smallest absolute Gasteiger partial charge is 0.0924 e. The fourth-order valence-electron chi connectivity index (χ4n) is 1.85. The number of fused-ring (bicyclic) bond motifs is 2. The van der Waals surface area contributed by atoms with Crippen molar-refractivity contribution in [1.29, 1.82) is 0 Å². The molecule has 0 radical (unpaired) electrons. The lowest BCUT2D eigenvalue weighted by atomic mass is 10.2. The number of rotatable bonds is 0. The van der Waals surface area contributed by atoms with E-state index in [-0.39, 0.29) is 0 Å². The van der Waals surface area contributed by atoms with Crippen molar-refractivity contribution in [1.82, 2.24) is 9.97 Å². The molecule has 0 aliphatic carbocycles. The molecule has 0 aliphatic heterocycles. The van der Waals surface area contributed by atoms with Gasteiger partial charge in [0.25, 0.3) is 0 Å². The van der Waals surface area contributed by atoms with E-state index in [2.05, 4.69) is 38.9 Å². The van der Waals surface area contributed by atoms with Gasteiger partial charge in [-0.3, -0.25) is 0 Å². The molecular formula is C13H9BrN2. The van der Waals surface area contributed by atoms with Crippen LogP contribution in [0.5, 0.6) is 0 Å². The Hall–Kier alpha value is -1.48. The Morgan fingerprint density at radius 1 is 0.938 bits per heavy atom. The zero-order valence-corrected chi connectivity index (χ0v) is 10.3. The molecule has 0 spiro atoms. The maximum Gasteiger partial charge on any atom is 0.0924 e. The van der Waals surface area contributed by atoms with Gasteiger partial charge in [0.2, 0.25) is 0 Å². The van der Waals surface area contributed by atoms with Crippen molar-refractivity contribution in [3.63, 3.8) is 0 Å². The summed E-state index contributed by atoms with van der Waals surface area (Å²) in [6, 6.07) is 12.0. The molecule has 1 heterocycles. The number of para-hydroxylation sites is 2. The highest BCUT2D eigenvalue weighted by atomic mass is 79.9. The van der Waals surface area contributed by atoms with Gasteiger partial charge in [-0.1, -0.05) is 28.1 Å². The third-order valence-electron chi connectivity index (χ3n) is 2.60. The number of aryl methyl sites for hydroxylation is 1. The summed E-state index contributed by atoms with van der Waals surface area (Å²) in [6.45, 7) is 2.05. The number of halogens is 1. The molecule has 0 saturated heterocycles. The van der Waals surface area contributed by atoms with Gasteiger partial charge in [-0.25, -0.2) is 9.97 Å². The first-order valence-electron chi connectivity index (χ1n) is 5.07. The van der Waals surface area contributed by atoms with Gasteiger partial charge in [-0.2, -0.15) is 0 Å². The molecule has 0 aliphatic rings. The van der Waals surface area contributed by atoms with E-state index in [9.17, 15) is 0 Å². The van der Waals surface area contributed by atoms with Crippen LogP contribution in [0.3, 0.4) is 0 Å². The Balaban J connectivity index is 2.51.